The highest BCUT2D eigenvalue weighted by molar-refractivity contribution is 6.00. The number of hydrogen-bond acceptors (Lipinski definition) is 4. The Morgan fingerprint density at radius 1 is 1.25 bits per heavy atom. The van der Waals surface area contributed by atoms with Gasteiger partial charge < -0.3 is 4.74 Å². The van der Waals surface area contributed by atoms with Gasteiger partial charge in [0.15, 0.2) is 0 Å². The minimum Gasteiger partial charge on any atom is -0.450 e. The van der Waals surface area contributed by atoms with Crippen LogP contribution in [-0.4, -0.2) is 28.9 Å². The van der Waals surface area contributed by atoms with Crippen molar-refractivity contribution >= 4 is 17.9 Å². The molecule has 0 bridgehead atoms. The highest BCUT2D eigenvalue weighted by Crippen LogP contribution is 2.32. The van der Waals surface area contributed by atoms with Crippen LogP contribution in [0, 0.1) is 0 Å². The second-order valence-corrected chi connectivity index (χ2v) is 4.53. The first-order valence-electron chi connectivity index (χ1n) is 6.77. The Morgan fingerprint density at radius 3 is 2.50 bits per heavy atom. The first-order valence-corrected chi connectivity index (χ1v) is 6.77. The summed E-state index contributed by atoms with van der Waals surface area (Å²) in [7, 11) is 0. The fourth-order valence-corrected chi connectivity index (χ4v) is 1.84. The smallest absolute Gasteiger partial charge is 0.416 e. The van der Waals surface area contributed by atoms with Crippen LogP contribution in [-0.2, 0) is 10.9 Å². The van der Waals surface area contributed by atoms with Crippen LogP contribution in [0.5, 0.6) is 0 Å². The minimum atomic E-state index is -4.43. The molecule has 128 valence electrons. The Balaban J connectivity index is 2.13. The average Bonchev–Trinajstić information content (AvgIpc) is 2.94. The summed E-state index contributed by atoms with van der Waals surface area (Å²) >= 11 is 0. The number of alkyl halides is 3. The number of carbonyl (C=O) groups excluding carboxylic acids is 2. The third-order valence-corrected chi connectivity index (χ3v) is 2.89. The van der Waals surface area contributed by atoms with E-state index in [2.05, 4.69) is 20.3 Å². The first kappa shape index (κ1) is 17.3. The lowest BCUT2D eigenvalue weighted by Crippen LogP contribution is -2.35. The van der Waals surface area contributed by atoms with Crippen molar-refractivity contribution in [2.75, 3.05) is 11.9 Å². The van der Waals surface area contributed by atoms with E-state index in [4.69, 9.17) is 0 Å². The van der Waals surface area contributed by atoms with Crippen LogP contribution >= 0.6 is 0 Å². The molecule has 0 fully saturated rings. The predicted octanol–water partition coefficient (Wildman–Crippen LogP) is 3.37. The molecular formula is C14H13F3N4O3. The van der Waals surface area contributed by atoms with Crippen LogP contribution < -0.4 is 10.6 Å². The van der Waals surface area contributed by atoms with Gasteiger partial charge in [0, 0.05) is 5.56 Å². The summed E-state index contributed by atoms with van der Waals surface area (Å²) in [6.45, 7) is 1.68. The van der Waals surface area contributed by atoms with Gasteiger partial charge in [-0.3, -0.25) is 10.4 Å². The van der Waals surface area contributed by atoms with E-state index in [-0.39, 0.29) is 12.4 Å². The van der Waals surface area contributed by atoms with Crippen molar-refractivity contribution in [3.05, 3.63) is 36.0 Å². The number of imide groups is 1. The number of nitrogens with zero attached hydrogens (tertiary/aromatic N) is 1. The van der Waals surface area contributed by atoms with Crippen molar-refractivity contribution < 1.29 is 27.5 Å². The number of rotatable bonds is 3. The van der Waals surface area contributed by atoms with E-state index >= 15 is 0 Å². The zero-order chi connectivity index (χ0) is 17.7. The van der Waals surface area contributed by atoms with Crippen LogP contribution in [0.4, 0.5) is 28.6 Å². The summed E-state index contributed by atoms with van der Waals surface area (Å²) in [6.07, 6.45) is -4.02. The molecule has 0 saturated heterocycles. The number of carbonyl (C=O) groups is 2. The number of anilines is 1. The maximum absolute atomic E-state index is 12.6. The number of amides is 3. The lowest BCUT2D eigenvalue weighted by Gasteiger charge is -2.09. The monoisotopic (exact) mass is 342 g/mol. The van der Waals surface area contributed by atoms with Gasteiger partial charge in [0.05, 0.1) is 18.4 Å². The summed E-state index contributed by atoms with van der Waals surface area (Å²) < 4.78 is 42.3. The second kappa shape index (κ2) is 7.02. The number of alkyl carbamates (subject to hydrolysis) is 1. The Labute approximate surface area is 134 Å². The van der Waals surface area contributed by atoms with Gasteiger partial charge in [-0.15, -0.1) is 0 Å². The van der Waals surface area contributed by atoms with E-state index in [0.717, 1.165) is 12.1 Å². The van der Waals surface area contributed by atoms with Gasteiger partial charge in [-0.05, 0) is 24.6 Å². The molecule has 0 aliphatic heterocycles. The lowest BCUT2D eigenvalue weighted by atomic mass is 10.1. The average molecular weight is 342 g/mol. The SMILES string of the molecule is CCOC(=O)NC(=O)Nc1[nH]ncc1-c1ccc(C(F)(F)F)cc1. The van der Waals surface area contributed by atoms with E-state index < -0.39 is 23.9 Å². The zero-order valence-electron chi connectivity index (χ0n) is 12.4. The number of urea groups is 1. The molecule has 0 unspecified atom stereocenters. The minimum absolute atomic E-state index is 0.0972. The van der Waals surface area contributed by atoms with E-state index in [9.17, 15) is 22.8 Å². The Kier molecular flexibility index (Phi) is 5.07. The summed E-state index contributed by atoms with van der Waals surface area (Å²) in [4.78, 5) is 22.8. The Hall–Kier alpha value is -3.04. The molecule has 3 amide bonds. The van der Waals surface area contributed by atoms with E-state index in [0.29, 0.717) is 11.1 Å². The third kappa shape index (κ3) is 4.24. The number of hydrogen-bond donors (Lipinski definition) is 3. The molecule has 0 saturated carbocycles. The van der Waals surface area contributed by atoms with Gasteiger partial charge in [-0.1, -0.05) is 12.1 Å². The van der Waals surface area contributed by atoms with Crippen LogP contribution in [0.1, 0.15) is 12.5 Å². The van der Waals surface area contributed by atoms with E-state index in [1.807, 2.05) is 5.32 Å². The lowest BCUT2D eigenvalue weighted by molar-refractivity contribution is -0.137. The molecule has 24 heavy (non-hydrogen) atoms. The number of aromatic nitrogens is 2. The molecular weight excluding hydrogens is 329 g/mol. The van der Waals surface area contributed by atoms with Crippen molar-refractivity contribution in [2.24, 2.45) is 0 Å². The van der Waals surface area contributed by atoms with E-state index in [1.54, 1.807) is 6.92 Å². The standard InChI is InChI=1S/C14H13F3N4O3/c1-2-24-13(23)20-12(22)19-11-10(7-18-21-11)8-3-5-9(6-4-8)14(15,16)17/h3-7H,2H2,1H3,(H3,18,19,20,21,22,23). The molecule has 7 nitrogen and oxygen atoms in total. The van der Waals surface area contributed by atoms with Gasteiger partial charge >= 0.3 is 18.3 Å². The van der Waals surface area contributed by atoms with Crippen LogP contribution in [0.25, 0.3) is 11.1 Å². The van der Waals surface area contributed by atoms with Crippen LogP contribution in [0.3, 0.4) is 0 Å². The van der Waals surface area contributed by atoms with Crippen molar-refractivity contribution in [1.29, 1.82) is 0 Å². The van der Waals surface area contributed by atoms with E-state index in [1.165, 1.54) is 18.3 Å². The third-order valence-electron chi connectivity index (χ3n) is 2.89. The van der Waals surface area contributed by atoms with Gasteiger partial charge in [0.2, 0.25) is 0 Å². The predicted molar refractivity (Wildman–Crippen MR) is 78.2 cm³/mol. The number of nitrogens with one attached hydrogen (secondary N) is 3. The summed E-state index contributed by atoms with van der Waals surface area (Å²) in [6, 6.07) is 3.48. The van der Waals surface area contributed by atoms with Gasteiger partial charge in [-0.2, -0.15) is 18.3 Å². The van der Waals surface area contributed by atoms with Gasteiger partial charge in [0.1, 0.15) is 5.82 Å². The van der Waals surface area contributed by atoms with Crippen molar-refractivity contribution in [1.82, 2.24) is 15.5 Å². The quantitative estimate of drug-likeness (QED) is 0.797. The highest BCUT2D eigenvalue weighted by atomic mass is 19.4. The van der Waals surface area contributed by atoms with Gasteiger partial charge in [-0.25, -0.2) is 14.9 Å². The molecule has 2 rings (SSSR count). The summed E-state index contributed by atoms with van der Waals surface area (Å²) in [5, 5.41) is 10.5. The Bertz CT molecular complexity index is 726. The van der Waals surface area contributed by atoms with Gasteiger partial charge in [0.25, 0.3) is 0 Å². The fraction of sp³-hybridized carbons (Fsp3) is 0.214. The molecule has 3 N–H and O–H groups in total. The van der Waals surface area contributed by atoms with Crippen molar-refractivity contribution in [3.63, 3.8) is 0 Å². The molecule has 0 radical (unpaired) electrons. The zero-order valence-corrected chi connectivity index (χ0v) is 12.4. The van der Waals surface area contributed by atoms with Crippen LogP contribution in [0.2, 0.25) is 0 Å². The molecule has 0 spiro atoms. The molecule has 0 aliphatic rings. The molecule has 1 aromatic heterocycles. The van der Waals surface area contributed by atoms with Crippen molar-refractivity contribution in [2.45, 2.75) is 13.1 Å². The molecule has 0 atom stereocenters. The second-order valence-electron chi connectivity index (χ2n) is 4.53. The molecule has 1 heterocycles. The molecule has 10 heteroatoms. The number of H-pyrrole nitrogens is 1. The molecule has 0 aliphatic carbocycles. The number of aromatic amines is 1. The maximum atomic E-state index is 12.6. The first-order chi connectivity index (χ1) is 11.3. The molecule has 1 aromatic carbocycles. The number of benzene rings is 1. The highest BCUT2D eigenvalue weighted by Gasteiger charge is 2.30. The molecule has 2 aromatic rings. The normalized spacial score (nSPS) is 11.0. The maximum Gasteiger partial charge on any atom is 0.416 e. The number of ether oxygens (including phenoxy) is 1. The largest absolute Gasteiger partial charge is 0.450 e. The fourth-order valence-electron chi connectivity index (χ4n) is 1.84. The van der Waals surface area contributed by atoms with Crippen LogP contribution in [0.15, 0.2) is 30.5 Å². The number of halogens is 3. The Morgan fingerprint density at radius 2 is 1.92 bits per heavy atom. The summed E-state index contributed by atoms with van der Waals surface area (Å²) in [5.74, 6) is 0.122. The van der Waals surface area contributed by atoms with Crippen molar-refractivity contribution in [3.8, 4) is 11.1 Å². The topological polar surface area (TPSA) is 96.1 Å². The summed E-state index contributed by atoms with van der Waals surface area (Å²) in [5.41, 5.74) is -0.0183.